The molecule has 14 heavy (non-hydrogen) atoms. The SMILES string of the molecule is CC(C)C1C(C(Br)C(Br)(Br)Br)C1(C)C. The molecule has 0 heterocycles. The Morgan fingerprint density at radius 2 is 1.50 bits per heavy atom. The molecule has 1 fully saturated rings. The molecule has 0 aliphatic heterocycles. The Labute approximate surface area is 120 Å². The zero-order chi connectivity index (χ0) is 11.3. The van der Waals surface area contributed by atoms with Crippen LogP contribution in [0.5, 0.6) is 0 Å². The molecule has 1 aliphatic carbocycles. The van der Waals surface area contributed by atoms with Crippen LogP contribution < -0.4 is 0 Å². The molecular formula is C10H16Br4. The van der Waals surface area contributed by atoms with E-state index in [9.17, 15) is 0 Å². The molecule has 0 bridgehead atoms. The Morgan fingerprint density at radius 3 is 1.71 bits per heavy atom. The van der Waals surface area contributed by atoms with E-state index in [0.29, 0.717) is 16.2 Å². The van der Waals surface area contributed by atoms with Gasteiger partial charge >= 0.3 is 0 Å². The molecule has 1 saturated carbocycles. The summed E-state index contributed by atoms with van der Waals surface area (Å²) < 4.78 is -0.182. The van der Waals surface area contributed by atoms with Crippen LogP contribution in [0.2, 0.25) is 0 Å². The molecule has 0 aromatic heterocycles. The van der Waals surface area contributed by atoms with Gasteiger partial charge in [0, 0.05) is 0 Å². The lowest BCUT2D eigenvalue weighted by atomic mass is 10.0. The molecule has 0 amide bonds. The molecule has 0 N–H and O–H groups in total. The molecule has 4 heteroatoms. The average molecular weight is 456 g/mol. The quantitative estimate of drug-likeness (QED) is 0.481. The van der Waals surface area contributed by atoms with Crippen LogP contribution in [-0.2, 0) is 0 Å². The zero-order valence-electron chi connectivity index (χ0n) is 8.82. The summed E-state index contributed by atoms with van der Waals surface area (Å²) in [5.74, 6) is 2.27. The van der Waals surface area contributed by atoms with Crippen LogP contribution in [0.1, 0.15) is 27.7 Å². The summed E-state index contributed by atoms with van der Waals surface area (Å²) in [5.41, 5.74) is 0.447. The highest BCUT2D eigenvalue weighted by Crippen LogP contribution is 2.67. The first kappa shape index (κ1) is 14.0. The summed E-state index contributed by atoms with van der Waals surface area (Å²) in [6.07, 6.45) is 0. The highest BCUT2D eigenvalue weighted by atomic mass is 80.0. The van der Waals surface area contributed by atoms with Crippen molar-refractivity contribution in [3.8, 4) is 0 Å². The lowest BCUT2D eigenvalue weighted by Gasteiger charge is -2.21. The van der Waals surface area contributed by atoms with Gasteiger partial charge in [-0.15, -0.1) is 0 Å². The number of rotatable bonds is 2. The maximum absolute atomic E-state index is 3.77. The fourth-order valence-corrected chi connectivity index (χ4v) is 4.62. The van der Waals surface area contributed by atoms with Gasteiger partial charge in [0.05, 0.1) is 4.83 Å². The minimum Gasteiger partial charge on any atom is -0.0853 e. The Hall–Kier alpha value is 1.92. The standard InChI is InChI=1S/C10H16Br4/c1-5(2)6-7(9(6,3)4)8(11)10(12,13)14/h5-8H,1-4H3. The molecule has 3 atom stereocenters. The summed E-state index contributed by atoms with van der Waals surface area (Å²) in [6, 6.07) is 0. The molecule has 0 aromatic rings. The van der Waals surface area contributed by atoms with Crippen LogP contribution in [0.4, 0.5) is 0 Å². The van der Waals surface area contributed by atoms with E-state index < -0.39 is 0 Å². The van der Waals surface area contributed by atoms with Gasteiger partial charge in [0.1, 0.15) is 2.14 Å². The first-order valence-corrected chi connectivity index (χ1v) is 8.10. The molecule has 0 aromatic carbocycles. The van der Waals surface area contributed by atoms with Crippen molar-refractivity contribution in [3.63, 3.8) is 0 Å². The lowest BCUT2D eigenvalue weighted by molar-refractivity contribution is 0.451. The minimum atomic E-state index is -0.182. The maximum Gasteiger partial charge on any atom is 0.147 e. The third kappa shape index (κ3) is 2.60. The van der Waals surface area contributed by atoms with E-state index in [0.717, 1.165) is 11.8 Å². The molecule has 1 rings (SSSR count). The van der Waals surface area contributed by atoms with Crippen molar-refractivity contribution in [1.29, 1.82) is 0 Å². The highest BCUT2D eigenvalue weighted by Gasteiger charge is 2.63. The Bertz CT molecular complexity index is 217. The van der Waals surface area contributed by atoms with Gasteiger partial charge in [-0.3, -0.25) is 0 Å². The van der Waals surface area contributed by atoms with Crippen molar-refractivity contribution in [2.45, 2.75) is 34.7 Å². The average Bonchev–Trinajstić information content (AvgIpc) is 2.49. The largest absolute Gasteiger partial charge is 0.147 e. The van der Waals surface area contributed by atoms with Crippen LogP contribution in [0.15, 0.2) is 0 Å². The second-order valence-electron chi connectivity index (χ2n) is 5.06. The lowest BCUT2D eigenvalue weighted by Crippen LogP contribution is -2.22. The molecule has 0 radical (unpaired) electrons. The van der Waals surface area contributed by atoms with E-state index in [1.165, 1.54) is 0 Å². The molecule has 1 aliphatic rings. The van der Waals surface area contributed by atoms with E-state index in [4.69, 9.17) is 0 Å². The van der Waals surface area contributed by atoms with E-state index in [-0.39, 0.29) is 2.14 Å². The first-order valence-electron chi connectivity index (χ1n) is 4.81. The number of hydrogen-bond donors (Lipinski definition) is 0. The predicted octanol–water partition coefficient (Wildman–Crippen LogP) is 5.52. The van der Waals surface area contributed by atoms with Crippen LogP contribution in [0, 0.1) is 23.2 Å². The van der Waals surface area contributed by atoms with Crippen LogP contribution in [0.25, 0.3) is 0 Å². The summed E-state index contributed by atoms with van der Waals surface area (Å²) in [6.45, 7) is 9.33. The Balaban J connectivity index is 2.74. The minimum absolute atomic E-state index is 0.182. The van der Waals surface area contributed by atoms with Gasteiger partial charge in [0.25, 0.3) is 0 Å². The molecule has 3 unspecified atom stereocenters. The number of hydrogen-bond acceptors (Lipinski definition) is 0. The first-order chi connectivity index (χ1) is 6.10. The van der Waals surface area contributed by atoms with Crippen molar-refractivity contribution in [2.75, 3.05) is 0 Å². The topological polar surface area (TPSA) is 0 Å². The molecule has 0 nitrogen and oxygen atoms in total. The van der Waals surface area contributed by atoms with Crippen molar-refractivity contribution < 1.29 is 0 Å². The normalized spacial score (nSPS) is 33.2. The van der Waals surface area contributed by atoms with E-state index >= 15 is 0 Å². The third-order valence-electron chi connectivity index (χ3n) is 3.34. The van der Waals surface area contributed by atoms with Crippen LogP contribution in [0.3, 0.4) is 0 Å². The van der Waals surface area contributed by atoms with Crippen LogP contribution >= 0.6 is 63.7 Å². The number of alkyl halides is 4. The van der Waals surface area contributed by atoms with Gasteiger partial charge < -0.3 is 0 Å². The van der Waals surface area contributed by atoms with Gasteiger partial charge in [0.2, 0.25) is 0 Å². The monoisotopic (exact) mass is 452 g/mol. The summed E-state index contributed by atoms with van der Waals surface area (Å²) >= 11 is 14.6. The van der Waals surface area contributed by atoms with Gasteiger partial charge in [-0.1, -0.05) is 91.4 Å². The Morgan fingerprint density at radius 1 is 1.07 bits per heavy atom. The number of halogens is 4. The summed E-state index contributed by atoms with van der Waals surface area (Å²) in [7, 11) is 0. The van der Waals surface area contributed by atoms with Crippen molar-refractivity contribution in [2.24, 2.45) is 23.2 Å². The van der Waals surface area contributed by atoms with Crippen molar-refractivity contribution in [1.82, 2.24) is 0 Å². The van der Waals surface area contributed by atoms with Gasteiger partial charge in [0.15, 0.2) is 0 Å². The molecule has 84 valence electrons. The fraction of sp³-hybridized carbons (Fsp3) is 1.00. The fourth-order valence-electron chi connectivity index (χ4n) is 2.75. The molecule has 0 saturated heterocycles. The van der Waals surface area contributed by atoms with Crippen LogP contribution in [-0.4, -0.2) is 6.97 Å². The maximum atomic E-state index is 3.77. The summed E-state index contributed by atoms with van der Waals surface area (Å²) in [5, 5.41) is 0. The van der Waals surface area contributed by atoms with E-state index in [1.54, 1.807) is 0 Å². The zero-order valence-corrected chi connectivity index (χ0v) is 15.2. The summed E-state index contributed by atoms with van der Waals surface area (Å²) in [4.78, 5) is 0.400. The van der Waals surface area contributed by atoms with Crippen molar-refractivity contribution in [3.05, 3.63) is 0 Å². The van der Waals surface area contributed by atoms with Gasteiger partial charge in [-0.05, 0) is 23.2 Å². The highest BCUT2D eigenvalue weighted by molar-refractivity contribution is 9.40. The van der Waals surface area contributed by atoms with Crippen molar-refractivity contribution >= 4 is 63.7 Å². The second kappa shape index (κ2) is 4.30. The van der Waals surface area contributed by atoms with E-state index in [2.05, 4.69) is 91.4 Å². The van der Waals surface area contributed by atoms with E-state index in [1.807, 2.05) is 0 Å². The van der Waals surface area contributed by atoms with Gasteiger partial charge in [-0.25, -0.2) is 0 Å². The Kier molecular flexibility index (Phi) is 4.30. The predicted molar refractivity (Wildman–Crippen MR) is 77.8 cm³/mol. The smallest absolute Gasteiger partial charge is 0.0853 e. The van der Waals surface area contributed by atoms with Gasteiger partial charge in [-0.2, -0.15) is 0 Å². The second-order valence-corrected chi connectivity index (χ2v) is 13.0. The molecular weight excluding hydrogens is 440 g/mol. The third-order valence-corrected chi connectivity index (χ3v) is 7.92. The molecule has 0 spiro atoms.